The van der Waals surface area contributed by atoms with Gasteiger partial charge in [-0.2, -0.15) is 9.87 Å². The zero-order chi connectivity index (χ0) is 20.5. The maximum absolute atomic E-state index is 14.6. The second-order valence-corrected chi connectivity index (χ2v) is 6.65. The highest BCUT2D eigenvalue weighted by molar-refractivity contribution is 5.84. The molecule has 0 unspecified atom stereocenters. The molecular weight excluding hydrogens is 368 g/mol. The topological polar surface area (TPSA) is 115 Å². The van der Waals surface area contributed by atoms with E-state index in [0.717, 1.165) is 6.07 Å². The van der Waals surface area contributed by atoms with Crippen LogP contribution < -0.4 is 15.9 Å². The lowest BCUT2D eigenvalue weighted by Gasteiger charge is -2.19. The van der Waals surface area contributed by atoms with Crippen molar-refractivity contribution in [1.82, 2.24) is 5.48 Å². The Morgan fingerprint density at radius 1 is 1.30 bits per heavy atom. The number of aliphatic carboxylic acids is 1. The molecule has 0 aliphatic heterocycles. The Morgan fingerprint density at radius 2 is 1.93 bits per heavy atom. The lowest BCUT2D eigenvalue weighted by molar-refractivity contribution is -0.136. The second kappa shape index (κ2) is 7.22. The first-order valence-electron chi connectivity index (χ1n) is 7.72. The first-order chi connectivity index (χ1) is 12.4. The summed E-state index contributed by atoms with van der Waals surface area (Å²) in [6, 6.07) is 0.814. The van der Waals surface area contributed by atoms with Crippen LogP contribution in [0, 0.1) is 18.6 Å². The zero-order valence-corrected chi connectivity index (χ0v) is 14.9. The first-order valence-corrected chi connectivity index (χ1v) is 7.72. The molecule has 2 N–H and O–H groups in total. The van der Waals surface area contributed by atoms with Crippen LogP contribution in [0.1, 0.15) is 31.9 Å². The van der Waals surface area contributed by atoms with Crippen molar-refractivity contribution in [3.8, 4) is 5.75 Å². The first kappa shape index (κ1) is 20.1. The number of hydrogen-bond acceptors (Lipinski definition) is 6. The normalized spacial score (nSPS) is 11.3. The van der Waals surface area contributed by atoms with Crippen LogP contribution in [0.2, 0.25) is 0 Å². The molecule has 0 radical (unpaired) electrons. The van der Waals surface area contributed by atoms with Gasteiger partial charge in [0.1, 0.15) is 5.60 Å². The van der Waals surface area contributed by atoms with Crippen LogP contribution in [-0.4, -0.2) is 22.8 Å². The number of carbonyl (C=O) groups excluding carboxylic acids is 1. The van der Waals surface area contributed by atoms with E-state index in [1.807, 2.05) is 0 Å². The van der Waals surface area contributed by atoms with Gasteiger partial charge in [0, 0.05) is 5.39 Å². The standard InChI is InChI=1S/C17H17F2NO7/c1-7-8-5-10(18)14(27-20-16(24)26-17(2,3)4)12(19)13(8)25-15(23)9(7)6-11(21)22/h5H,6H2,1-4H3,(H,20,24)(H,21,22). The van der Waals surface area contributed by atoms with Crippen molar-refractivity contribution in [2.24, 2.45) is 0 Å². The number of carboxylic acids is 1. The number of ether oxygens (including phenoxy) is 1. The SMILES string of the molecule is Cc1c(CC(=O)O)c(=O)oc2c(F)c(ONC(=O)OC(C)(C)C)c(F)cc12. The van der Waals surface area contributed by atoms with Gasteiger partial charge < -0.3 is 19.1 Å². The van der Waals surface area contributed by atoms with Crippen LogP contribution in [0.25, 0.3) is 11.0 Å². The minimum Gasteiger partial charge on any atom is -0.481 e. The van der Waals surface area contributed by atoms with Crippen LogP contribution >= 0.6 is 0 Å². The molecule has 0 spiro atoms. The maximum Gasteiger partial charge on any atom is 0.441 e. The summed E-state index contributed by atoms with van der Waals surface area (Å²) >= 11 is 0. The summed E-state index contributed by atoms with van der Waals surface area (Å²) in [5, 5.41) is 8.71. The van der Waals surface area contributed by atoms with Crippen molar-refractivity contribution in [1.29, 1.82) is 0 Å². The summed E-state index contributed by atoms with van der Waals surface area (Å²) in [7, 11) is 0. The average Bonchev–Trinajstić information content (AvgIpc) is 2.51. The van der Waals surface area contributed by atoms with E-state index in [1.165, 1.54) is 6.92 Å². The van der Waals surface area contributed by atoms with Crippen LogP contribution in [0.5, 0.6) is 5.75 Å². The monoisotopic (exact) mass is 385 g/mol. The van der Waals surface area contributed by atoms with Crippen molar-refractivity contribution in [2.75, 3.05) is 0 Å². The number of hydroxylamine groups is 1. The van der Waals surface area contributed by atoms with Gasteiger partial charge >= 0.3 is 17.7 Å². The fourth-order valence-corrected chi connectivity index (χ4v) is 2.27. The van der Waals surface area contributed by atoms with Crippen molar-refractivity contribution >= 4 is 23.0 Å². The molecular formula is C17H17F2NO7. The summed E-state index contributed by atoms with van der Waals surface area (Å²) in [5.41, 5.74) is -0.998. The Hall–Kier alpha value is -3.17. The van der Waals surface area contributed by atoms with E-state index < -0.39 is 52.7 Å². The van der Waals surface area contributed by atoms with Crippen molar-refractivity contribution in [3.05, 3.63) is 39.2 Å². The summed E-state index contributed by atoms with van der Waals surface area (Å²) < 4.78 is 38.5. The number of benzene rings is 1. The van der Waals surface area contributed by atoms with Gasteiger partial charge in [0.15, 0.2) is 11.4 Å². The maximum atomic E-state index is 14.6. The van der Waals surface area contributed by atoms with Gasteiger partial charge in [-0.3, -0.25) is 4.79 Å². The molecule has 1 amide bonds. The Balaban J connectivity index is 2.45. The lowest BCUT2D eigenvalue weighted by atomic mass is 10.0. The van der Waals surface area contributed by atoms with Crippen LogP contribution in [0.15, 0.2) is 15.3 Å². The van der Waals surface area contributed by atoms with Crippen molar-refractivity contribution in [2.45, 2.75) is 39.7 Å². The highest BCUT2D eigenvalue weighted by Crippen LogP contribution is 2.31. The fourth-order valence-electron chi connectivity index (χ4n) is 2.27. The summed E-state index contributed by atoms with van der Waals surface area (Å²) in [6.07, 6.45) is -1.75. The van der Waals surface area contributed by atoms with Crippen molar-refractivity contribution < 1.29 is 37.5 Å². The number of halogens is 2. The van der Waals surface area contributed by atoms with E-state index in [4.69, 9.17) is 14.3 Å². The van der Waals surface area contributed by atoms with Gasteiger partial charge in [0.05, 0.1) is 12.0 Å². The highest BCUT2D eigenvalue weighted by atomic mass is 19.1. The quantitative estimate of drug-likeness (QED) is 0.614. The number of nitrogens with one attached hydrogen (secondary N) is 1. The summed E-state index contributed by atoms with van der Waals surface area (Å²) in [4.78, 5) is 39.0. The molecule has 2 aromatic rings. The summed E-state index contributed by atoms with van der Waals surface area (Å²) in [6.45, 7) is 6.08. The number of amides is 1. The molecule has 1 aromatic heterocycles. The molecule has 0 aliphatic rings. The van der Waals surface area contributed by atoms with E-state index >= 15 is 0 Å². The Labute approximate surface area is 151 Å². The van der Waals surface area contributed by atoms with Crippen molar-refractivity contribution in [3.63, 3.8) is 0 Å². The van der Waals surface area contributed by atoms with Gasteiger partial charge in [-0.1, -0.05) is 0 Å². The smallest absolute Gasteiger partial charge is 0.441 e. The van der Waals surface area contributed by atoms with E-state index in [9.17, 15) is 23.2 Å². The van der Waals surface area contributed by atoms with Crippen LogP contribution in [0.3, 0.4) is 0 Å². The molecule has 1 aromatic carbocycles. The average molecular weight is 385 g/mol. The molecule has 1 heterocycles. The van der Waals surface area contributed by atoms with E-state index in [2.05, 4.69) is 4.84 Å². The Morgan fingerprint density at radius 3 is 2.48 bits per heavy atom. The van der Waals surface area contributed by atoms with Crippen LogP contribution in [-0.2, 0) is 16.0 Å². The number of carboxylic acid groups (broad SMARTS) is 1. The minimum atomic E-state index is -1.37. The third-order valence-corrected chi connectivity index (χ3v) is 3.39. The zero-order valence-electron chi connectivity index (χ0n) is 14.9. The van der Waals surface area contributed by atoms with Crippen LogP contribution in [0.4, 0.5) is 13.6 Å². The molecule has 2 rings (SSSR count). The van der Waals surface area contributed by atoms with Gasteiger partial charge in [0.2, 0.25) is 11.6 Å². The molecule has 0 aliphatic carbocycles. The van der Waals surface area contributed by atoms with E-state index in [0.29, 0.717) is 0 Å². The molecule has 0 atom stereocenters. The molecule has 27 heavy (non-hydrogen) atoms. The Bertz CT molecular complexity index is 976. The van der Waals surface area contributed by atoms with E-state index in [1.54, 1.807) is 26.3 Å². The number of fused-ring (bicyclic) bond motifs is 1. The minimum absolute atomic E-state index is 0.0631. The third-order valence-electron chi connectivity index (χ3n) is 3.39. The predicted molar refractivity (Wildman–Crippen MR) is 88.5 cm³/mol. The predicted octanol–water partition coefficient (Wildman–Crippen LogP) is 2.83. The van der Waals surface area contributed by atoms with Gasteiger partial charge in [-0.25, -0.2) is 14.0 Å². The molecule has 10 heteroatoms. The fraction of sp³-hybridized carbons (Fsp3) is 0.353. The molecule has 0 saturated carbocycles. The molecule has 0 bridgehead atoms. The molecule has 0 fully saturated rings. The van der Waals surface area contributed by atoms with Gasteiger partial charge in [0.25, 0.3) is 0 Å². The molecule has 0 saturated heterocycles. The summed E-state index contributed by atoms with van der Waals surface area (Å²) in [5.74, 6) is -4.88. The van der Waals surface area contributed by atoms with Gasteiger partial charge in [-0.15, -0.1) is 0 Å². The molecule has 146 valence electrons. The number of aryl methyl sites for hydroxylation is 1. The van der Waals surface area contributed by atoms with Gasteiger partial charge in [-0.05, 0) is 39.3 Å². The second-order valence-electron chi connectivity index (χ2n) is 6.65. The Kier molecular flexibility index (Phi) is 5.38. The lowest BCUT2D eigenvalue weighted by Crippen LogP contribution is -2.34. The van der Waals surface area contributed by atoms with E-state index in [-0.39, 0.29) is 16.5 Å². The number of hydrogen-bond donors (Lipinski definition) is 2. The third kappa shape index (κ3) is 4.52. The largest absolute Gasteiger partial charge is 0.481 e. The highest BCUT2D eigenvalue weighted by Gasteiger charge is 2.24. The molecule has 8 nitrogen and oxygen atoms in total. The number of carbonyl (C=O) groups is 2. The number of rotatable bonds is 4.